The monoisotopic (exact) mass is 250 g/mol. The zero-order chi connectivity index (χ0) is 0. The maximum atomic E-state index is 0. The molecule has 4 heteroatoms. The molecule has 0 aromatic heterocycles. The number of hydrogen-bond acceptors (Lipinski definition) is 0. The van der Waals surface area contributed by atoms with Gasteiger partial charge in [0.2, 0.25) is 0 Å². The van der Waals surface area contributed by atoms with E-state index in [0.29, 0.717) is 0 Å². The van der Waals surface area contributed by atoms with Crippen LogP contribution in [-0.2, 0) is 33.3 Å². The van der Waals surface area contributed by atoms with Crippen LogP contribution in [0.5, 0.6) is 0 Å². The second kappa shape index (κ2) is 20.9. The van der Waals surface area contributed by atoms with Crippen molar-refractivity contribution in [1.82, 2.24) is 0 Å². The Kier molecular flexibility index (Phi) is 209. The number of hydrogen-bond donors (Lipinski definition) is 0. The Hall–Kier alpha value is 1.86. The molecule has 0 fully saturated rings. The first kappa shape index (κ1) is 39.9. The van der Waals surface area contributed by atoms with Gasteiger partial charge in [0.25, 0.3) is 0 Å². The Labute approximate surface area is 65.1 Å². The molecular formula is H2BCoNiSn. The van der Waals surface area contributed by atoms with Gasteiger partial charge in [-0.2, -0.15) is 0 Å². The molecule has 0 nitrogen and oxygen atoms in total. The Balaban J connectivity index is 0. The van der Waals surface area contributed by atoms with Gasteiger partial charge in [0.15, 0.2) is 0 Å². The summed E-state index contributed by atoms with van der Waals surface area (Å²) in [7, 11) is 0. The SMILES string of the molecule is [B].[Co].[Ni].[SnH2]. The van der Waals surface area contributed by atoms with Gasteiger partial charge in [-0.15, -0.1) is 0 Å². The third kappa shape index (κ3) is 9.12. The van der Waals surface area contributed by atoms with E-state index in [1.165, 1.54) is 0 Å². The quantitative estimate of drug-likeness (QED) is 0.468. The summed E-state index contributed by atoms with van der Waals surface area (Å²) in [6, 6.07) is 0. The summed E-state index contributed by atoms with van der Waals surface area (Å²) in [6.07, 6.45) is 0. The molecule has 0 aliphatic carbocycles. The summed E-state index contributed by atoms with van der Waals surface area (Å²) in [6.45, 7) is 0. The molecule has 0 rings (SSSR count). The van der Waals surface area contributed by atoms with Crippen molar-refractivity contribution in [2.24, 2.45) is 0 Å². The summed E-state index contributed by atoms with van der Waals surface area (Å²) in [5, 5.41) is 0. The first-order chi connectivity index (χ1) is 0. The molecule has 0 N–H and O–H groups in total. The van der Waals surface area contributed by atoms with E-state index < -0.39 is 0 Å². The fourth-order valence-electron chi connectivity index (χ4n) is 0. The third-order valence-corrected chi connectivity index (χ3v) is 0. The van der Waals surface area contributed by atoms with E-state index in [1.807, 2.05) is 0 Å². The molecule has 0 aliphatic rings. The summed E-state index contributed by atoms with van der Waals surface area (Å²) < 4.78 is 0. The van der Waals surface area contributed by atoms with Gasteiger partial charge in [0.05, 0.1) is 0 Å². The normalized spacial score (nSPS) is 0. The fraction of sp³-hybridized carbons (Fsp3) is 0. The van der Waals surface area contributed by atoms with Crippen molar-refractivity contribution in [3.05, 3.63) is 0 Å². The van der Waals surface area contributed by atoms with Crippen molar-refractivity contribution in [1.29, 1.82) is 0 Å². The van der Waals surface area contributed by atoms with E-state index in [9.17, 15) is 0 Å². The molecule has 0 atom stereocenters. The second-order valence-electron chi connectivity index (χ2n) is 0. The zero-order valence-corrected chi connectivity index (χ0v) is 8.00. The van der Waals surface area contributed by atoms with E-state index in [1.54, 1.807) is 0 Å². The predicted octanol–water partition coefficient (Wildman–Crippen LogP) is -1.30. The van der Waals surface area contributed by atoms with Gasteiger partial charge < -0.3 is 0 Å². The molecule has 4 heavy (non-hydrogen) atoms. The van der Waals surface area contributed by atoms with Crippen LogP contribution in [0.15, 0.2) is 0 Å². The molecular weight excluding hydrogens is 247 g/mol. The van der Waals surface area contributed by atoms with E-state index in [2.05, 4.69) is 0 Å². The van der Waals surface area contributed by atoms with Crippen molar-refractivity contribution >= 4 is 32.3 Å². The van der Waals surface area contributed by atoms with Crippen molar-refractivity contribution in [2.75, 3.05) is 0 Å². The molecule has 0 spiro atoms. The second-order valence-corrected chi connectivity index (χ2v) is 0. The fourth-order valence-corrected chi connectivity index (χ4v) is 0. The maximum absolute atomic E-state index is 0. The summed E-state index contributed by atoms with van der Waals surface area (Å²) in [4.78, 5) is 0. The van der Waals surface area contributed by atoms with Gasteiger partial charge in [0, 0.05) is 41.7 Å². The first-order valence-corrected chi connectivity index (χ1v) is 0. The van der Waals surface area contributed by atoms with Gasteiger partial charge >= 0.3 is 23.9 Å². The molecule has 0 aromatic carbocycles. The summed E-state index contributed by atoms with van der Waals surface area (Å²) in [5.74, 6) is 0. The van der Waals surface area contributed by atoms with Crippen LogP contribution < -0.4 is 0 Å². The minimum atomic E-state index is 0. The Morgan fingerprint density at radius 2 is 1.00 bits per heavy atom. The van der Waals surface area contributed by atoms with Crippen LogP contribution in [0, 0.1) is 0 Å². The Morgan fingerprint density at radius 1 is 1.00 bits per heavy atom. The zero-order valence-electron chi connectivity index (χ0n) is 1.93. The van der Waals surface area contributed by atoms with Crippen molar-refractivity contribution in [3.63, 3.8) is 0 Å². The average molecular weight is 249 g/mol. The van der Waals surface area contributed by atoms with Crippen LogP contribution in [-0.4, -0.2) is 32.3 Å². The molecule has 0 unspecified atom stereocenters. The van der Waals surface area contributed by atoms with Gasteiger partial charge in [0.1, 0.15) is 0 Å². The first-order valence-electron chi connectivity index (χ1n) is 0. The van der Waals surface area contributed by atoms with Crippen molar-refractivity contribution in [3.8, 4) is 0 Å². The van der Waals surface area contributed by atoms with Crippen molar-refractivity contribution < 1.29 is 33.3 Å². The predicted molar refractivity (Wildman–Crippen MR) is 14.3 cm³/mol. The molecule has 6 radical (unpaired) electrons. The minimum absolute atomic E-state index is 0. The van der Waals surface area contributed by atoms with Crippen LogP contribution in [0.2, 0.25) is 0 Å². The third-order valence-electron chi connectivity index (χ3n) is 0. The molecule has 0 saturated heterocycles. The van der Waals surface area contributed by atoms with Gasteiger partial charge in [-0.05, 0) is 0 Å². The molecule has 0 saturated carbocycles. The standard InChI is InChI=1S/B.Co.Ni.Sn.2H. The topological polar surface area (TPSA) is 0 Å². The van der Waals surface area contributed by atoms with Crippen LogP contribution in [0.4, 0.5) is 0 Å². The molecule has 28 valence electrons. The van der Waals surface area contributed by atoms with E-state index >= 15 is 0 Å². The van der Waals surface area contributed by atoms with Crippen molar-refractivity contribution in [2.45, 2.75) is 0 Å². The van der Waals surface area contributed by atoms with Crippen LogP contribution in [0.3, 0.4) is 0 Å². The summed E-state index contributed by atoms with van der Waals surface area (Å²) in [5.41, 5.74) is 0. The number of rotatable bonds is 0. The molecule has 0 heterocycles. The molecule has 0 bridgehead atoms. The Morgan fingerprint density at radius 3 is 1.00 bits per heavy atom. The van der Waals surface area contributed by atoms with Gasteiger partial charge in [-0.1, -0.05) is 0 Å². The summed E-state index contributed by atoms with van der Waals surface area (Å²) >= 11 is 0. The average Bonchev–Trinajstić information content (AvgIpc) is 0. The Bertz CT molecular complexity index is 8.00. The van der Waals surface area contributed by atoms with Gasteiger partial charge in [-0.25, -0.2) is 0 Å². The van der Waals surface area contributed by atoms with E-state index in [4.69, 9.17) is 0 Å². The molecule has 0 amide bonds. The van der Waals surface area contributed by atoms with Crippen LogP contribution in [0.1, 0.15) is 0 Å². The van der Waals surface area contributed by atoms with E-state index in [0.717, 1.165) is 0 Å². The van der Waals surface area contributed by atoms with Crippen LogP contribution >= 0.6 is 0 Å². The molecule has 0 aromatic rings. The molecule has 0 aliphatic heterocycles. The van der Waals surface area contributed by atoms with E-state index in [-0.39, 0.29) is 65.6 Å². The van der Waals surface area contributed by atoms with Crippen LogP contribution in [0.25, 0.3) is 0 Å². The van der Waals surface area contributed by atoms with Gasteiger partial charge in [-0.3, -0.25) is 0 Å².